The van der Waals surface area contributed by atoms with Crippen LogP contribution >= 0.6 is 0 Å². The summed E-state index contributed by atoms with van der Waals surface area (Å²) in [6.45, 7) is 1.17. The lowest BCUT2D eigenvalue weighted by atomic mass is 10.1. The first-order valence-electron chi connectivity index (χ1n) is 9.46. The highest BCUT2D eigenvalue weighted by molar-refractivity contribution is 7.88. The van der Waals surface area contributed by atoms with E-state index in [1.807, 2.05) is 25.1 Å². The van der Waals surface area contributed by atoms with Crippen molar-refractivity contribution in [2.24, 2.45) is 0 Å². The van der Waals surface area contributed by atoms with E-state index in [4.69, 9.17) is 9.15 Å². The molecule has 1 atom stereocenters. The van der Waals surface area contributed by atoms with Gasteiger partial charge in [-0.15, -0.1) is 0 Å². The molecule has 0 spiro atoms. The lowest BCUT2D eigenvalue weighted by Crippen LogP contribution is -2.36. The number of anilines is 2. The maximum absolute atomic E-state index is 12.4. The first-order valence-corrected chi connectivity index (χ1v) is 11.3. The maximum atomic E-state index is 12.4. The Balaban J connectivity index is 1.85. The van der Waals surface area contributed by atoms with Crippen molar-refractivity contribution in [1.82, 2.24) is 4.31 Å². The van der Waals surface area contributed by atoms with Crippen LogP contribution in [-0.4, -0.2) is 58.2 Å². The zero-order valence-corrected chi connectivity index (χ0v) is 17.7. The Kier molecular flexibility index (Phi) is 6.61. The van der Waals surface area contributed by atoms with Crippen LogP contribution in [0.5, 0.6) is 0 Å². The van der Waals surface area contributed by atoms with Gasteiger partial charge in [0, 0.05) is 45.2 Å². The van der Waals surface area contributed by atoms with Gasteiger partial charge in [0.1, 0.15) is 0 Å². The normalized spacial score (nSPS) is 16.9. The third-order valence-corrected chi connectivity index (χ3v) is 6.03. The van der Waals surface area contributed by atoms with Crippen LogP contribution in [0.25, 0.3) is 0 Å². The van der Waals surface area contributed by atoms with E-state index in [0.717, 1.165) is 24.1 Å². The van der Waals surface area contributed by atoms with Crippen molar-refractivity contribution in [3.05, 3.63) is 47.9 Å². The van der Waals surface area contributed by atoms with Gasteiger partial charge >= 0.3 is 0 Å². The van der Waals surface area contributed by atoms with E-state index in [-0.39, 0.29) is 24.3 Å². The molecule has 29 heavy (non-hydrogen) atoms. The van der Waals surface area contributed by atoms with Gasteiger partial charge in [-0.25, -0.2) is 8.42 Å². The molecule has 8 nitrogen and oxygen atoms in total. The molecule has 0 radical (unpaired) electrons. The molecule has 1 fully saturated rings. The second-order valence-electron chi connectivity index (χ2n) is 7.36. The molecule has 0 saturated carbocycles. The number of rotatable bonds is 8. The average molecular weight is 422 g/mol. The number of nitrogens with zero attached hydrogens (tertiary/aromatic N) is 2. The largest absolute Gasteiger partial charge is 0.459 e. The number of carbonyl (C=O) groups excluding carboxylic acids is 1. The molecule has 1 N–H and O–H groups in total. The fourth-order valence-corrected chi connectivity index (χ4v) is 4.16. The minimum Gasteiger partial charge on any atom is -0.459 e. The number of benzene rings is 1. The van der Waals surface area contributed by atoms with Gasteiger partial charge in [-0.1, -0.05) is 0 Å². The highest BCUT2D eigenvalue weighted by Crippen LogP contribution is 2.26. The summed E-state index contributed by atoms with van der Waals surface area (Å²) in [5.74, 6) is -0.155. The molecule has 9 heteroatoms. The maximum Gasteiger partial charge on any atom is 0.291 e. The van der Waals surface area contributed by atoms with E-state index < -0.39 is 10.0 Å². The summed E-state index contributed by atoms with van der Waals surface area (Å²) in [4.78, 5) is 14.2. The predicted molar refractivity (Wildman–Crippen MR) is 112 cm³/mol. The van der Waals surface area contributed by atoms with Gasteiger partial charge < -0.3 is 19.4 Å². The number of ether oxygens (including phenoxy) is 1. The molecule has 1 aliphatic heterocycles. The molecule has 2 aromatic rings. The fraction of sp³-hybridized carbons (Fsp3) is 0.450. The molecule has 2 heterocycles. The van der Waals surface area contributed by atoms with Crippen LogP contribution in [-0.2, 0) is 21.3 Å². The van der Waals surface area contributed by atoms with E-state index in [0.29, 0.717) is 18.8 Å². The number of furan rings is 1. The summed E-state index contributed by atoms with van der Waals surface area (Å²) in [6.07, 6.45) is 4.35. The van der Waals surface area contributed by atoms with Gasteiger partial charge in [0.2, 0.25) is 10.0 Å². The van der Waals surface area contributed by atoms with Gasteiger partial charge in [-0.3, -0.25) is 4.79 Å². The smallest absolute Gasteiger partial charge is 0.291 e. The number of sulfonamides is 1. The van der Waals surface area contributed by atoms with E-state index in [9.17, 15) is 13.2 Å². The molecule has 1 saturated heterocycles. The van der Waals surface area contributed by atoms with E-state index >= 15 is 0 Å². The Morgan fingerprint density at radius 1 is 1.28 bits per heavy atom. The van der Waals surface area contributed by atoms with Gasteiger partial charge in [-0.2, -0.15) is 4.31 Å². The number of carbonyl (C=O) groups is 1. The summed E-state index contributed by atoms with van der Waals surface area (Å²) < 4.78 is 37.0. The second kappa shape index (κ2) is 8.98. The number of nitrogens with one attached hydrogen (secondary N) is 1. The van der Waals surface area contributed by atoms with Crippen LogP contribution in [0.4, 0.5) is 11.4 Å². The van der Waals surface area contributed by atoms with Crippen molar-refractivity contribution >= 4 is 27.3 Å². The predicted octanol–water partition coefficient (Wildman–Crippen LogP) is 2.54. The minimum absolute atomic E-state index is 0.0885. The van der Waals surface area contributed by atoms with E-state index in [2.05, 4.69) is 5.32 Å². The van der Waals surface area contributed by atoms with Gasteiger partial charge in [-0.05, 0) is 48.7 Å². The summed E-state index contributed by atoms with van der Waals surface area (Å²) in [5, 5.41) is 2.79. The van der Waals surface area contributed by atoms with Crippen LogP contribution < -0.4 is 10.2 Å². The van der Waals surface area contributed by atoms with Crippen molar-refractivity contribution in [2.45, 2.75) is 25.5 Å². The molecule has 158 valence electrons. The first kappa shape index (κ1) is 21.4. The third kappa shape index (κ3) is 5.59. The minimum atomic E-state index is -3.43. The SMILES string of the molecule is CN(C)c1ccc(NC(=O)c2ccco2)cc1CN(CC1CCCO1)S(C)(=O)=O. The standard InChI is InChI=1S/C20H27N3O5S/c1-22(2)18-9-8-16(21-20(24)19-7-5-11-28-19)12-15(18)13-23(29(3,25)26)14-17-6-4-10-27-17/h5,7-9,11-12,17H,4,6,10,13-14H2,1-3H3,(H,21,24). The molecule has 3 rings (SSSR count). The molecule has 1 amide bonds. The monoisotopic (exact) mass is 421 g/mol. The van der Waals surface area contributed by atoms with Crippen molar-refractivity contribution in [2.75, 3.05) is 43.7 Å². The number of hydrogen-bond donors (Lipinski definition) is 1. The Morgan fingerprint density at radius 2 is 2.07 bits per heavy atom. The quantitative estimate of drug-likeness (QED) is 0.704. The Labute approximate surface area is 171 Å². The Hall–Kier alpha value is -2.36. The zero-order valence-electron chi connectivity index (χ0n) is 16.9. The molecule has 1 unspecified atom stereocenters. The number of hydrogen-bond acceptors (Lipinski definition) is 6. The molecule has 0 aliphatic carbocycles. The third-order valence-electron chi connectivity index (χ3n) is 4.81. The zero-order chi connectivity index (χ0) is 21.0. The lowest BCUT2D eigenvalue weighted by molar-refractivity contribution is 0.0928. The summed E-state index contributed by atoms with van der Waals surface area (Å²) in [6, 6.07) is 8.66. The van der Waals surface area contributed by atoms with E-state index in [1.165, 1.54) is 16.8 Å². The molecule has 1 aromatic carbocycles. The van der Waals surface area contributed by atoms with Crippen molar-refractivity contribution in [1.29, 1.82) is 0 Å². The first-order chi connectivity index (χ1) is 13.7. The molecule has 1 aliphatic rings. The average Bonchev–Trinajstić information content (AvgIpc) is 3.34. The van der Waals surface area contributed by atoms with Crippen LogP contribution in [0, 0.1) is 0 Å². The molecule has 0 bridgehead atoms. The second-order valence-corrected chi connectivity index (χ2v) is 9.34. The summed E-state index contributed by atoms with van der Waals surface area (Å²) in [7, 11) is 0.355. The van der Waals surface area contributed by atoms with Crippen molar-refractivity contribution < 1.29 is 22.4 Å². The molecule has 1 aromatic heterocycles. The van der Waals surface area contributed by atoms with Crippen molar-refractivity contribution in [3.8, 4) is 0 Å². The summed E-state index contributed by atoms with van der Waals surface area (Å²) >= 11 is 0. The van der Waals surface area contributed by atoms with Gasteiger partial charge in [0.05, 0.1) is 18.6 Å². The highest BCUT2D eigenvalue weighted by Gasteiger charge is 2.26. The van der Waals surface area contributed by atoms with Crippen LogP contribution in [0.2, 0.25) is 0 Å². The van der Waals surface area contributed by atoms with Crippen LogP contribution in [0.1, 0.15) is 29.0 Å². The van der Waals surface area contributed by atoms with Crippen LogP contribution in [0.15, 0.2) is 41.0 Å². The lowest BCUT2D eigenvalue weighted by Gasteiger charge is -2.26. The highest BCUT2D eigenvalue weighted by atomic mass is 32.2. The van der Waals surface area contributed by atoms with E-state index in [1.54, 1.807) is 24.3 Å². The van der Waals surface area contributed by atoms with Crippen LogP contribution in [0.3, 0.4) is 0 Å². The summed E-state index contributed by atoms with van der Waals surface area (Å²) in [5.41, 5.74) is 2.23. The Morgan fingerprint density at radius 3 is 2.66 bits per heavy atom. The van der Waals surface area contributed by atoms with Gasteiger partial charge in [0.25, 0.3) is 5.91 Å². The molecular weight excluding hydrogens is 394 g/mol. The number of amides is 1. The van der Waals surface area contributed by atoms with Crippen molar-refractivity contribution in [3.63, 3.8) is 0 Å². The Bertz CT molecular complexity index is 935. The molecular formula is C20H27N3O5S. The van der Waals surface area contributed by atoms with Gasteiger partial charge in [0.15, 0.2) is 5.76 Å². The fourth-order valence-electron chi connectivity index (χ4n) is 3.35. The topological polar surface area (TPSA) is 92.1 Å².